The highest BCUT2D eigenvalue weighted by atomic mass is 16.1. The van der Waals surface area contributed by atoms with Gasteiger partial charge in [0, 0.05) is 23.0 Å². The number of hydrogen-bond donors (Lipinski definition) is 2. The molecule has 0 atom stereocenters. The molecule has 1 aliphatic rings. The minimum absolute atomic E-state index is 0.0627. The van der Waals surface area contributed by atoms with E-state index in [1.165, 1.54) is 32.4 Å². The number of rotatable bonds is 6. The van der Waals surface area contributed by atoms with Crippen molar-refractivity contribution in [3.8, 4) is 0 Å². The number of fused-ring (bicyclic) bond motifs is 3. The Morgan fingerprint density at radius 3 is 2.88 bits per heavy atom. The fourth-order valence-electron chi connectivity index (χ4n) is 3.77. The third-order valence-corrected chi connectivity index (χ3v) is 5.19. The van der Waals surface area contributed by atoms with Crippen molar-refractivity contribution < 1.29 is 4.79 Å². The Kier molecular flexibility index (Phi) is 4.84. The monoisotopic (exact) mass is 351 g/mol. The summed E-state index contributed by atoms with van der Waals surface area (Å²) in [5.41, 5.74) is 2.42. The summed E-state index contributed by atoms with van der Waals surface area (Å²) in [5, 5.41) is 5.52. The Labute approximate surface area is 153 Å². The number of piperidine rings is 1. The Morgan fingerprint density at radius 1 is 1.23 bits per heavy atom. The number of anilines is 1. The van der Waals surface area contributed by atoms with Crippen LogP contribution in [0, 0.1) is 0 Å². The maximum Gasteiger partial charge on any atom is 0.159 e. The van der Waals surface area contributed by atoms with E-state index in [4.69, 9.17) is 0 Å². The van der Waals surface area contributed by atoms with Gasteiger partial charge >= 0.3 is 0 Å². The van der Waals surface area contributed by atoms with E-state index in [9.17, 15) is 4.79 Å². The second-order valence-corrected chi connectivity index (χ2v) is 7.07. The molecule has 2 N–H and O–H groups in total. The third kappa shape index (κ3) is 3.42. The van der Waals surface area contributed by atoms with Gasteiger partial charge in [-0.2, -0.15) is 0 Å². The van der Waals surface area contributed by atoms with Gasteiger partial charge < -0.3 is 15.2 Å². The lowest BCUT2D eigenvalue weighted by molar-refractivity contribution is 0.101. The van der Waals surface area contributed by atoms with Crippen LogP contribution < -0.4 is 5.32 Å². The van der Waals surface area contributed by atoms with Gasteiger partial charge in [0.1, 0.15) is 17.8 Å². The average Bonchev–Trinajstić information content (AvgIpc) is 3.04. The molecule has 0 aliphatic carbocycles. The number of carbonyl (C=O) groups is 1. The van der Waals surface area contributed by atoms with Crippen LogP contribution in [0.1, 0.15) is 43.0 Å². The number of aromatic nitrogens is 3. The Bertz CT molecular complexity index is 926. The van der Waals surface area contributed by atoms with E-state index in [1.54, 1.807) is 13.3 Å². The van der Waals surface area contributed by atoms with E-state index in [1.807, 2.05) is 18.2 Å². The molecule has 0 unspecified atom stereocenters. The molecule has 0 bridgehead atoms. The molecule has 3 aromatic rings. The second kappa shape index (κ2) is 7.41. The highest BCUT2D eigenvalue weighted by Gasteiger charge is 2.13. The number of benzene rings is 1. The van der Waals surface area contributed by atoms with E-state index in [-0.39, 0.29) is 5.78 Å². The summed E-state index contributed by atoms with van der Waals surface area (Å²) in [6.07, 6.45) is 6.72. The predicted octanol–water partition coefficient (Wildman–Crippen LogP) is 3.60. The average molecular weight is 351 g/mol. The molecular formula is C20H25N5O. The number of Topliss-reactive ketones (excluding diaryl/α,β-unsaturated/α-hetero) is 1. The van der Waals surface area contributed by atoms with Crippen molar-refractivity contribution >= 4 is 33.5 Å². The number of carbonyl (C=O) groups excluding carboxylic acids is 1. The molecule has 1 aromatic carbocycles. The maximum absolute atomic E-state index is 11.6. The van der Waals surface area contributed by atoms with Gasteiger partial charge in [0.05, 0.1) is 5.39 Å². The molecule has 4 rings (SSSR count). The summed E-state index contributed by atoms with van der Waals surface area (Å²) in [4.78, 5) is 26.3. The first-order valence-electron chi connectivity index (χ1n) is 9.46. The van der Waals surface area contributed by atoms with Crippen molar-refractivity contribution in [2.45, 2.75) is 32.6 Å². The van der Waals surface area contributed by atoms with Crippen LogP contribution in [0.2, 0.25) is 0 Å². The molecular weight excluding hydrogens is 326 g/mol. The van der Waals surface area contributed by atoms with E-state index in [0.29, 0.717) is 5.56 Å². The SMILES string of the molecule is CC(=O)c1ccc2c(c1)[nH]c1ncnc(NCCCN3CCCCC3)c12. The van der Waals surface area contributed by atoms with Gasteiger partial charge in [-0.25, -0.2) is 9.97 Å². The van der Waals surface area contributed by atoms with Crippen LogP contribution in [0.15, 0.2) is 24.5 Å². The van der Waals surface area contributed by atoms with Gasteiger partial charge in [-0.15, -0.1) is 0 Å². The van der Waals surface area contributed by atoms with Crippen molar-refractivity contribution in [1.82, 2.24) is 19.9 Å². The molecule has 0 radical (unpaired) electrons. The van der Waals surface area contributed by atoms with Gasteiger partial charge in [-0.1, -0.05) is 18.6 Å². The van der Waals surface area contributed by atoms with Crippen molar-refractivity contribution in [2.75, 3.05) is 31.5 Å². The molecule has 6 nitrogen and oxygen atoms in total. The second-order valence-electron chi connectivity index (χ2n) is 7.07. The van der Waals surface area contributed by atoms with E-state index in [0.717, 1.165) is 47.3 Å². The fraction of sp³-hybridized carbons (Fsp3) is 0.450. The highest BCUT2D eigenvalue weighted by Crippen LogP contribution is 2.29. The Balaban J connectivity index is 1.51. The largest absolute Gasteiger partial charge is 0.369 e. The van der Waals surface area contributed by atoms with Crippen LogP contribution in [0.5, 0.6) is 0 Å². The smallest absolute Gasteiger partial charge is 0.159 e. The number of H-pyrrole nitrogens is 1. The summed E-state index contributed by atoms with van der Waals surface area (Å²) in [6.45, 7) is 6.08. The number of likely N-dealkylation sites (tertiary alicyclic amines) is 1. The first kappa shape index (κ1) is 17.0. The normalized spacial score (nSPS) is 15.6. The summed E-state index contributed by atoms with van der Waals surface area (Å²) < 4.78 is 0. The molecule has 1 saturated heterocycles. The van der Waals surface area contributed by atoms with Crippen LogP contribution in [0.4, 0.5) is 5.82 Å². The molecule has 2 aromatic heterocycles. The van der Waals surface area contributed by atoms with E-state index >= 15 is 0 Å². The summed E-state index contributed by atoms with van der Waals surface area (Å²) in [6, 6.07) is 5.73. The zero-order valence-electron chi connectivity index (χ0n) is 15.2. The Morgan fingerprint density at radius 2 is 2.08 bits per heavy atom. The summed E-state index contributed by atoms with van der Waals surface area (Å²) >= 11 is 0. The lowest BCUT2D eigenvalue weighted by Gasteiger charge is -2.26. The highest BCUT2D eigenvalue weighted by molar-refractivity contribution is 6.12. The van der Waals surface area contributed by atoms with Crippen LogP contribution in [0.3, 0.4) is 0 Å². The maximum atomic E-state index is 11.6. The van der Waals surface area contributed by atoms with Crippen LogP contribution in [-0.2, 0) is 0 Å². The summed E-state index contributed by atoms with van der Waals surface area (Å²) in [7, 11) is 0. The lowest BCUT2D eigenvalue weighted by atomic mass is 10.1. The van der Waals surface area contributed by atoms with E-state index < -0.39 is 0 Å². The van der Waals surface area contributed by atoms with Crippen LogP contribution in [0.25, 0.3) is 21.9 Å². The van der Waals surface area contributed by atoms with Crippen molar-refractivity contribution in [3.05, 3.63) is 30.1 Å². The van der Waals surface area contributed by atoms with Crippen LogP contribution in [-0.4, -0.2) is 51.8 Å². The third-order valence-electron chi connectivity index (χ3n) is 5.19. The number of nitrogens with one attached hydrogen (secondary N) is 2. The topological polar surface area (TPSA) is 73.9 Å². The first-order chi connectivity index (χ1) is 12.7. The van der Waals surface area contributed by atoms with Gasteiger partial charge in [-0.05, 0) is 51.9 Å². The number of ketones is 1. The summed E-state index contributed by atoms with van der Waals surface area (Å²) in [5.74, 6) is 0.920. The molecule has 3 heterocycles. The Hall–Kier alpha value is -2.47. The molecule has 1 fully saturated rings. The van der Waals surface area contributed by atoms with Crippen molar-refractivity contribution in [1.29, 1.82) is 0 Å². The molecule has 0 spiro atoms. The minimum atomic E-state index is 0.0627. The zero-order valence-corrected chi connectivity index (χ0v) is 15.2. The van der Waals surface area contributed by atoms with Gasteiger partial charge in [0.15, 0.2) is 5.78 Å². The van der Waals surface area contributed by atoms with Crippen LogP contribution >= 0.6 is 0 Å². The van der Waals surface area contributed by atoms with Crippen molar-refractivity contribution in [3.63, 3.8) is 0 Å². The number of aromatic amines is 1. The molecule has 6 heteroatoms. The molecule has 0 saturated carbocycles. The quantitative estimate of drug-likeness (QED) is 0.524. The number of hydrogen-bond acceptors (Lipinski definition) is 5. The molecule has 136 valence electrons. The molecule has 1 aliphatic heterocycles. The van der Waals surface area contributed by atoms with E-state index in [2.05, 4.69) is 25.2 Å². The van der Waals surface area contributed by atoms with Crippen molar-refractivity contribution in [2.24, 2.45) is 0 Å². The van der Waals surface area contributed by atoms with Gasteiger partial charge in [0.2, 0.25) is 0 Å². The molecule has 26 heavy (non-hydrogen) atoms. The minimum Gasteiger partial charge on any atom is -0.369 e. The standard InChI is InChI=1S/C20H25N5O/c1-14(26)15-6-7-16-17(12-15)24-20-18(16)19(22-13-23-20)21-8-5-11-25-9-3-2-4-10-25/h6-7,12-13H,2-5,8-11H2,1H3,(H2,21,22,23,24). The van der Waals surface area contributed by atoms with Gasteiger partial charge in [0.25, 0.3) is 0 Å². The lowest BCUT2D eigenvalue weighted by Crippen LogP contribution is -2.31. The fourth-order valence-corrected chi connectivity index (χ4v) is 3.77. The molecule has 0 amide bonds. The predicted molar refractivity (Wildman–Crippen MR) is 105 cm³/mol. The van der Waals surface area contributed by atoms with Gasteiger partial charge in [-0.3, -0.25) is 4.79 Å². The zero-order chi connectivity index (χ0) is 17.9. The number of nitrogens with zero attached hydrogens (tertiary/aromatic N) is 3. The first-order valence-corrected chi connectivity index (χ1v) is 9.46.